The highest BCUT2D eigenvalue weighted by molar-refractivity contribution is 7.10. The van der Waals surface area contributed by atoms with Crippen LogP contribution in [0.25, 0.3) is 33.4 Å². The molecule has 1 unspecified atom stereocenters. The number of morpholine rings is 1. The lowest BCUT2D eigenvalue weighted by Crippen LogP contribution is -2.62. The van der Waals surface area contributed by atoms with E-state index < -0.39 is 64.4 Å². The topological polar surface area (TPSA) is 178 Å². The molecule has 6 bridgehead atoms. The number of cyclic esters (lactones) is 1. The van der Waals surface area contributed by atoms with Crippen molar-refractivity contribution < 1.29 is 42.6 Å². The minimum atomic E-state index is -2.25. The van der Waals surface area contributed by atoms with E-state index in [2.05, 4.69) is 66.9 Å². The molecule has 4 aromatic rings. The van der Waals surface area contributed by atoms with Gasteiger partial charge in [0.15, 0.2) is 5.67 Å². The number of aryl methyl sites for hydroxylation is 1. The summed E-state index contributed by atoms with van der Waals surface area (Å²) in [5.74, 6) is -3.55. The molecule has 2 saturated heterocycles. The molecule has 1 aromatic carbocycles. The van der Waals surface area contributed by atoms with Gasteiger partial charge in [-0.1, -0.05) is 47.3 Å². The monoisotopic (exact) mass is 1040 g/mol. The Morgan fingerprint density at radius 3 is 2.55 bits per heavy atom. The van der Waals surface area contributed by atoms with Crippen molar-refractivity contribution >= 4 is 51.8 Å². The summed E-state index contributed by atoms with van der Waals surface area (Å²) >= 11 is 1.44. The number of hydrogen-bond donors (Lipinski definition) is 2. The van der Waals surface area contributed by atoms with Crippen LogP contribution < -0.4 is 10.7 Å². The summed E-state index contributed by atoms with van der Waals surface area (Å²) in [5, 5.41) is 8.38. The van der Waals surface area contributed by atoms with E-state index in [1.54, 1.807) is 18.2 Å². The normalized spacial score (nSPS) is 24.7. The van der Waals surface area contributed by atoms with Crippen molar-refractivity contribution in [2.75, 3.05) is 47.0 Å². The molecule has 5 atom stereocenters. The Kier molecular flexibility index (Phi) is 16.5. The van der Waals surface area contributed by atoms with Crippen LogP contribution in [0, 0.1) is 17.3 Å². The number of benzene rings is 1. The van der Waals surface area contributed by atoms with Crippen LogP contribution in [0.3, 0.4) is 0 Å². The van der Waals surface area contributed by atoms with Gasteiger partial charge in [-0.05, 0) is 107 Å². The summed E-state index contributed by atoms with van der Waals surface area (Å²) in [6.07, 6.45) is 5.07. The van der Waals surface area contributed by atoms with Crippen molar-refractivity contribution in [2.45, 2.75) is 148 Å². The number of carbonyl (C=O) groups excluding carboxylic acids is 5. The van der Waals surface area contributed by atoms with E-state index in [-0.39, 0.29) is 56.6 Å². The second-order valence-electron chi connectivity index (χ2n) is 21.9. The molecule has 2 N–H and O–H groups in total. The van der Waals surface area contributed by atoms with Crippen LogP contribution in [0.1, 0.15) is 116 Å². The van der Waals surface area contributed by atoms with Crippen LogP contribution in [-0.2, 0) is 57.6 Å². The molecule has 400 valence electrons. The molecule has 4 amide bonds. The van der Waals surface area contributed by atoms with Gasteiger partial charge < -0.3 is 33.9 Å². The number of rotatable bonds is 12. The van der Waals surface area contributed by atoms with E-state index in [4.69, 9.17) is 24.2 Å². The third-order valence-corrected chi connectivity index (χ3v) is 16.7. The molecule has 1 spiro atoms. The first-order chi connectivity index (χ1) is 35.3. The second kappa shape index (κ2) is 22.3. The zero-order chi connectivity index (χ0) is 53.3. The number of carbonyl (C=O) groups is 5. The van der Waals surface area contributed by atoms with Gasteiger partial charge in [-0.3, -0.25) is 34.0 Å². The smallest absolute Gasteiger partial charge is 0.324 e. The second-order valence-corrected chi connectivity index (χ2v) is 22.8. The summed E-state index contributed by atoms with van der Waals surface area (Å²) in [6.45, 7) is 19.6. The molecule has 1 saturated carbocycles. The average Bonchev–Trinajstić information content (AvgIpc) is 4.00. The fourth-order valence-electron chi connectivity index (χ4n) is 11.7. The number of aromatic nitrogens is 3. The van der Waals surface area contributed by atoms with Crippen molar-refractivity contribution in [2.24, 2.45) is 17.3 Å². The maximum atomic E-state index is 17.0. The van der Waals surface area contributed by atoms with Crippen molar-refractivity contribution in [3.63, 3.8) is 0 Å². The Balaban J connectivity index is 1.11. The van der Waals surface area contributed by atoms with Crippen LogP contribution in [0.15, 0.2) is 54.6 Å². The molecular weight excluding hydrogens is 964 g/mol. The van der Waals surface area contributed by atoms with E-state index in [1.165, 1.54) is 34.4 Å². The molecule has 3 fully saturated rings. The van der Waals surface area contributed by atoms with Gasteiger partial charge in [0, 0.05) is 85.3 Å². The van der Waals surface area contributed by atoms with E-state index in [0.29, 0.717) is 63.5 Å². The quantitative estimate of drug-likeness (QED) is 0.105. The number of nitrogens with one attached hydrogen (secondary N) is 2. The third-order valence-electron chi connectivity index (χ3n) is 15.8. The van der Waals surface area contributed by atoms with Gasteiger partial charge in [0.1, 0.15) is 12.1 Å². The van der Waals surface area contributed by atoms with Crippen molar-refractivity contribution in [1.82, 2.24) is 40.1 Å². The maximum Gasteiger partial charge on any atom is 0.324 e. The Labute approximate surface area is 438 Å². The Bertz CT molecular complexity index is 2750. The van der Waals surface area contributed by atoms with Gasteiger partial charge >= 0.3 is 5.97 Å². The zero-order valence-electron chi connectivity index (χ0n) is 44.6. The average molecular weight is 1040 g/mol. The number of halogens is 1. The molecule has 1 aliphatic carbocycles. The summed E-state index contributed by atoms with van der Waals surface area (Å²) in [6, 6.07) is 7.82. The van der Waals surface area contributed by atoms with Crippen LogP contribution in [0.5, 0.6) is 0 Å². The van der Waals surface area contributed by atoms with Gasteiger partial charge in [-0.2, -0.15) is 0 Å². The number of likely N-dealkylation sites (N-methyl/N-ethyl adjacent to an activating group) is 1. The first-order valence-corrected chi connectivity index (χ1v) is 27.3. The summed E-state index contributed by atoms with van der Waals surface area (Å²) < 4.78 is 37.4. The third kappa shape index (κ3) is 11.1. The van der Waals surface area contributed by atoms with E-state index >= 15 is 9.18 Å². The fourth-order valence-corrected chi connectivity index (χ4v) is 12.6. The number of hydrazine groups is 1. The molecule has 3 aromatic heterocycles. The minimum absolute atomic E-state index is 0.121. The minimum Gasteiger partial charge on any atom is -0.464 e. The summed E-state index contributed by atoms with van der Waals surface area (Å²) in [4.78, 5) is 83.4. The predicted molar refractivity (Wildman–Crippen MR) is 282 cm³/mol. The lowest BCUT2D eigenvalue weighted by molar-refractivity contribution is -0.170. The van der Waals surface area contributed by atoms with Crippen LogP contribution >= 0.6 is 11.3 Å². The molecule has 8 rings (SSSR count). The molecule has 16 nitrogen and oxygen atoms in total. The van der Waals surface area contributed by atoms with Crippen molar-refractivity contribution in [3.05, 3.63) is 70.8 Å². The first kappa shape index (κ1) is 54.7. The zero-order valence-corrected chi connectivity index (χ0v) is 45.4. The number of amides is 4. The van der Waals surface area contributed by atoms with Crippen LogP contribution in [-0.4, -0.2) is 135 Å². The van der Waals surface area contributed by atoms with Gasteiger partial charge in [-0.15, -0.1) is 11.3 Å². The Morgan fingerprint density at radius 2 is 1.86 bits per heavy atom. The molecule has 4 aliphatic rings. The SMILES string of the molecule is C=CC(=O)N1CCOC2(CCC(F)(C(=O)N(C)[C@H](C(=O)NC(CC)[C@H]3Cc4nc(cs4)-c4ccc5c(c4)c(c(-c4cccnc4[C@H](C)OC)n5CC)CC(C)(C)COC(=O)[C@@H]4CCCN(N4)C3=O)C(C)C)CC2)C1. The van der Waals surface area contributed by atoms with Gasteiger partial charge in [0.2, 0.25) is 17.7 Å². The van der Waals surface area contributed by atoms with Crippen LogP contribution in [0.2, 0.25) is 0 Å². The Morgan fingerprint density at radius 1 is 1.11 bits per heavy atom. The van der Waals surface area contributed by atoms with Crippen LogP contribution in [0.4, 0.5) is 4.39 Å². The molecular formula is C56H75FN8O8S. The van der Waals surface area contributed by atoms with Gasteiger partial charge in [0.05, 0.1) is 59.5 Å². The molecule has 18 heteroatoms. The summed E-state index contributed by atoms with van der Waals surface area (Å²) in [7, 11) is 3.15. The maximum absolute atomic E-state index is 17.0. The number of alkyl halides is 1. The van der Waals surface area contributed by atoms with E-state index in [9.17, 15) is 19.2 Å². The number of pyridine rings is 1. The number of ether oxygens (including phenoxy) is 3. The predicted octanol–water partition coefficient (Wildman–Crippen LogP) is 7.78. The number of esters is 1. The molecule has 74 heavy (non-hydrogen) atoms. The summed E-state index contributed by atoms with van der Waals surface area (Å²) in [5.41, 5.74) is 6.28. The Hall–Kier alpha value is -5.56. The van der Waals surface area contributed by atoms with Crippen molar-refractivity contribution in [3.8, 4) is 22.5 Å². The number of hydrogen-bond acceptors (Lipinski definition) is 12. The molecule has 0 radical (unpaired) electrons. The first-order valence-electron chi connectivity index (χ1n) is 26.4. The van der Waals surface area contributed by atoms with E-state index in [1.807, 2.05) is 39.1 Å². The van der Waals surface area contributed by atoms with Crippen molar-refractivity contribution in [1.29, 1.82) is 0 Å². The number of fused-ring (bicyclic) bond motifs is 6. The lowest BCUT2D eigenvalue weighted by Gasteiger charge is -2.48. The fraction of sp³-hybridized carbons (Fsp3) is 0.589. The highest BCUT2D eigenvalue weighted by atomic mass is 32.1. The van der Waals surface area contributed by atoms with E-state index in [0.717, 1.165) is 44.7 Å². The largest absolute Gasteiger partial charge is 0.464 e. The standard InChI is InChI=1S/C56H75FN8O8S/c1-11-41(60-50(67)48(34(4)5)62(9)53(70)56(57)22-20-55(21-23-56)32-63(26-27-73-55)46(66)12-2)39-29-45-59-43(31-74-45)36-18-19-44-38(28-36)40(49(64(44)13-3)37-16-14-24-58-47(37)35(6)71-10)30-54(7,8)33-72-52(69)42-17-15-25-65(61-42)51(39)68/h12,14,16,18-19,24,28,31,34-35,39,41-42,48,61H,2,11,13,15,17,20-23,25-27,29-30,32-33H2,1,3-10H3,(H,60,67)/t35-,39+,41?,42-,48-,55?,56?/m0/s1. The number of nitrogens with zero attached hydrogens (tertiary/aromatic N) is 6. The highest BCUT2D eigenvalue weighted by Crippen LogP contribution is 2.44. The molecule has 3 aliphatic heterocycles. The molecule has 6 heterocycles. The van der Waals surface area contributed by atoms with Gasteiger partial charge in [-0.25, -0.2) is 14.8 Å². The number of methoxy groups -OCH3 is 1. The lowest BCUT2D eigenvalue weighted by atomic mass is 9.75. The number of thiazole rings is 1. The highest BCUT2D eigenvalue weighted by Gasteiger charge is 2.52. The van der Waals surface area contributed by atoms with Gasteiger partial charge in [0.25, 0.3) is 5.91 Å².